The van der Waals surface area contributed by atoms with Crippen LogP contribution in [0, 0.1) is 6.92 Å². The van der Waals surface area contributed by atoms with Crippen molar-refractivity contribution >= 4 is 39.3 Å². The lowest BCUT2D eigenvalue weighted by molar-refractivity contribution is -0.115. The fourth-order valence-electron chi connectivity index (χ4n) is 2.46. The zero-order valence-corrected chi connectivity index (χ0v) is 17.1. The van der Waals surface area contributed by atoms with Crippen molar-refractivity contribution in [1.82, 2.24) is 9.97 Å². The lowest BCUT2D eigenvalue weighted by atomic mass is 10.2. The maximum Gasteiger partial charge on any atom is 0.251 e. The molecule has 0 aliphatic rings. The molecule has 5 nitrogen and oxygen atoms in total. The summed E-state index contributed by atoms with van der Waals surface area (Å²) in [5.74, 6) is 0.478. The van der Waals surface area contributed by atoms with Crippen molar-refractivity contribution in [3.05, 3.63) is 86.2 Å². The Balaban J connectivity index is 1.65. The predicted molar refractivity (Wildman–Crippen MR) is 112 cm³/mol. The number of hydrogen-bond donors (Lipinski definition) is 2. The summed E-state index contributed by atoms with van der Waals surface area (Å²) in [5, 5.41) is 3.34. The summed E-state index contributed by atoms with van der Waals surface area (Å²) < 4.78 is 0.983. The van der Waals surface area contributed by atoms with E-state index in [0.717, 1.165) is 15.6 Å². The fourth-order valence-corrected chi connectivity index (χ4v) is 3.56. The summed E-state index contributed by atoms with van der Waals surface area (Å²) in [6, 6.07) is 16.9. The molecule has 0 radical (unpaired) electrons. The minimum atomic E-state index is -0.261. The molecule has 0 aliphatic carbocycles. The highest BCUT2D eigenvalue weighted by Crippen LogP contribution is 2.20. The Bertz CT molecular complexity index is 1010. The van der Waals surface area contributed by atoms with E-state index in [4.69, 9.17) is 0 Å². The number of hydrogen-bond acceptors (Lipinski definition) is 4. The van der Waals surface area contributed by atoms with E-state index in [1.165, 1.54) is 17.8 Å². The van der Waals surface area contributed by atoms with Crippen LogP contribution in [0.25, 0.3) is 0 Å². The summed E-state index contributed by atoms with van der Waals surface area (Å²) in [6.07, 6.45) is 0.0396. The second-order valence-electron chi connectivity index (χ2n) is 6.01. The van der Waals surface area contributed by atoms with Crippen LogP contribution in [0.15, 0.2) is 69.0 Å². The van der Waals surface area contributed by atoms with Gasteiger partial charge in [0.15, 0.2) is 5.16 Å². The van der Waals surface area contributed by atoms with Gasteiger partial charge in [0.25, 0.3) is 5.56 Å². The highest BCUT2D eigenvalue weighted by atomic mass is 79.9. The Hall–Kier alpha value is -2.38. The van der Waals surface area contributed by atoms with Gasteiger partial charge in [-0.2, -0.15) is 0 Å². The van der Waals surface area contributed by atoms with Crippen molar-refractivity contribution in [2.45, 2.75) is 24.3 Å². The van der Waals surface area contributed by atoms with Crippen molar-refractivity contribution < 1.29 is 4.79 Å². The second kappa shape index (κ2) is 9.01. The molecule has 7 heteroatoms. The molecule has 1 heterocycles. The highest BCUT2D eigenvalue weighted by molar-refractivity contribution is 9.10. The molecule has 2 N–H and O–H groups in total. The Morgan fingerprint density at radius 2 is 1.96 bits per heavy atom. The number of halogens is 1. The minimum absolute atomic E-state index is 0.0396. The van der Waals surface area contributed by atoms with E-state index in [2.05, 4.69) is 31.2 Å². The van der Waals surface area contributed by atoms with E-state index in [1.54, 1.807) is 0 Å². The molecule has 0 aliphatic heterocycles. The van der Waals surface area contributed by atoms with Gasteiger partial charge in [-0.05, 0) is 36.2 Å². The van der Waals surface area contributed by atoms with Crippen LogP contribution in [0.1, 0.15) is 16.8 Å². The molecular weight excluding hydrogens is 426 g/mol. The number of carbonyl (C=O) groups excluding carboxylic acids is 1. The van der Waals surface area contributed by atoms with Crippen LogP contribution < -0.4 is 10.9 Å². The molecule has 0 saturated carbocycles. The molecule has 0 saturated heterocycles. The van der Waals surface area contributed by atoms with Crippen LogP contribution in [-0.2, 0) is 17.0 Å². The zero-order valence-electron chi connectivity index (χ0n) is 14.7. The summed E-state index contributed by atoms with van der Waals surface area (Å²) in [4.78, 5) is 31.3. The first-order valence-corrected chi connectivity index (χ1v) is 10.1. The molecule has 1 amide bonds. The van der Waals surface area contributed by atoms with Crippen LogP contribution in [0.5, 0.6) is 0 Å². The maximum atomic E-state index is 12.3. The van der Waals surface area contributed by atoms with Gasteiger partial charge in [0.05, 0.1) is 12.1 Å². The van der Waals surface area contributed by atoms with Crippen molar-refractivity contribution in [2.75, 3.05) is 5.32 Å². The molecule has 3 aromatic rings. The number of rotatable bonds is 6. The molecule has 27 heavy (non-hydrogen) atoms. The number of carbonyl (C=O) groups is 1. The van der Waals surface area contributed by atoms with Gasteiger partial charge in [0.1, 0.15) is 0 Å². The van der Waals surface area contributed by atoms with Crippen LogP contribution >= 0.6 is 27.7 Å². The molecule has 0 unspecified atom stereocenters. The van der Waals surface area contributed by atoms with Crippen LogP contribution in [0.4, 0.5) is 5.69 Å². The first-order chi connectivity index (χ1) is 13.0. The van der Waals surface area contributed by atoms with Crippen molar-refractivity contribution in [3.8, 4) is 0 Å². The Labute approximate surface area is 169 Å². The number of aryl methyl sites for hydroxylation is 1. The standard InChI is InChI=1S/C20H18BrN3O2S/c1-13-9-15(7-8-17(13)21)22-18(25)10-16-11-19(26)24-20(23-16)27-12-14-5-3-2-4-6-14/h2-9,11H,10,12H2,1H3,(H,22,25)(H,23,24,26). The quantitative estimate of drug-likeness (QED) is 0.439. The smallest absolute Gasteiger partial charge is 0.251 e. The molecule has 0 spiro atoms. The topological polar surface area (TPSA) is 74.8 Å². The number of aromatic amines is 1. The highest BCUT2D eigenvalue weighted by Gasteiger charge is 2.09. The number of amides is 1. The first kappa shape index (κ1) is 19.4. The Kier molecular flexibility index (Phi) is 6.47. The summed E-state index contributed by atoms with van der Waals surface area (Å²) in [6.45, 7) is 1.95. The molecular formula is C20H18BrN3O2S. The molecule has 0 bridgehead atoms. The zero-order chi connectivity index (χ0) is 19.2. The van der Waals surface area contributed by atoms with Crippen LogP contribution in [0.3, 0.4) is 0 Å². The van der Waals surface area contributed by atoms with Gasteiger partial charge in [-0.1, -0.05) is 58.0 Å². The van der Waals surface area contributed by atoms with Gasteiger partial charge < -0.3 is 10.3 Å². The Morgan fingerprint density at radius 1 is 1.19 bits per heavy atom. The van der Waals surface area contributed by atoms with E-state index in [1.807, 2.05) is 55.5 Å². The maximum absolute atomic E-state index is 12.3. The average molecular weight is 444 g/mol. The summed E-state index contributed by atoms with van der Waals surface area (Å²) in [5.41, 5.74) is 3.06. The van der Waals surface area contributed by atoms with Gasteiger partial charge >= 0.3 is 0 Å². The normalized spacial score (nSPS) is 10.6. The third kappa shape index (κ3) is 5.80. The van der Waals surface area contributed by atoms with Gasteiger partial charge in [0.2, 0.25) is 5.91 Å². The molecule has 3 rings (SSSR count). The first-order valence-electron chi connectivity index (χ1n) is 8.32. The predicted octanol–water partition coefficient (Wildman–Crippen LogP) is 4.31. The second-order valence-corrected chi connectivity index (χ2v) is 7.82. The third-order valence-corrected chi connectivity index (χ3v) is 5.61. The largest absolute Gasteiger partial charge is 0.326 e. The molecule has 0 fully saturated rings. The van der Waals surface area contributed by atoms with Crippen LogP contribution in [-0.4, -0.2) is 15.9 Å². The van der Waals surface area contributed by atoms with Gasteiger partial charge in [-0.3, -0.25) is 9.59 Å². The van der Waals surface area contributed by atoms with Gasteiger partial charge in [-0.15, -0.1) is 0 Å². The van der Waals surface area contributed by atoms with E-state index in [9.17, 15) is 9.59 Å². The molecule has 2 aromatic carbocycles. The SMILES string of the molecule is Cc1cc(NC(=O)Cc2cc(=O)[nH]c(SCc3ccccc3)n2)ccc1Br. The number of nitrogens with zero attached hydrogens (tertiary/aromatic N) is 1. The summed E-state index contributed by atoms with van der Waals surface area (Å²) in [7, 11) is 0. The summed E-state index contributed by atoms with van der Waals surface area (Å²) >= 11 is 4.87. The van der Waals surface area contributed by atoms with Crippen molar-refractivity contribution in [3.63, 3.8) is 0 Å². The van der Waals surface area contributed by atoms with E-state index < -0.39 is 0 Å². The van der Waals surface area contributed by atoms with Gasteiger partial charge in [-0.25, -0.2) is 4.98 Å². The Morgan fingerprint density at radius 3 is 2.70 bits per heavy atom. The minimum Gasteiger partial charge on any atom is -0.326 e. The van der Waals surface area contributed by atoms with Crippen LogP contribution in [0.2, 0.25) is 0 Å². The molecule has 0 atom stereocenters. The van der Waals surface area contributed by atoms with E-state index >= 15 is 0 Å². The number of anilines is 1. The lowest BCUT2D eigenvalue weighted by Crippen LogP contribution is -2.18. The van der Waals surface area contributed by atoms with E-state index in [-0.39, 0.29) is 17.9 Å². The number of thioether (sulfide) groups is 1. The number of benzene rings is 2. The van der Waals surface area contributed by atoms with Crippen molar-refractivity contribution in [1.29, 1.82) is 0 Å². The van der Waals surface area contributed by atoms with Crippen molar-refractivity contribution in [2.24, 2.45) is 0 Å². The van der Waals surface area contributed by atoms with Gasteiger partial charge in [0, 0.05) is 22.0 Å². The third-order valence-electron chi connectivity index (χ3n) is 3.77. The molecule has 1 aromatic heterocycles. The number of aromatic nitrogens is 2. The monoisotopic (exact) mass is 443 g/mol. The molecule has 138 valence electrons. The lowest BCUT2D eigenvalue weighted by Gasteiger charge is -2.08. The fraction of sp³-hybridized carbons (Fsp3) is 0.150. The van der Waals surface area contributed by atoms with E-state index in [0.29, 0.717) is 22.3 Å². The number of H-pyrrole nitrogens is 1. The number of nitrogens with one attached hydrogen (secondary N) is 2. The average Bonchev–Trinajstić information content (AvgIpc) is 2.63.